The third kappa shape index (κ3) is 4.54. The minimum absolute atomic E-state index is 0.0340. The number of nitrogens with zero attached hydrogens (tertiary/aromatic N) is 4. The molecule has 0 aliphatic carbocycles. The van der Waals surface area contributed by atoms with E-state index >= 15 is 0 Å². The topological polar surface area (TPSA) is 71.0 Å². The molecule has 3 aromatic rings. The molecule has 4 rings (SSSR count). The van der Waals surface area contributed by atoms with Crippen LogP contribution in [0.5, 0.6) is 0 Å². The smallest absolute Gasteiger partial charge is 0.230 e. The van der Waals surface area contributed by atoms with Crippen LogP contribution in [-0.2, 0) is 24.3 Å². The Kier molecular flexibility index (Phi) is 5.59. The zero-order valence-electron chi connectivity index (χ0n) is 17.7. The maximum Gasteiger partial charge on any atom is 0.230 e. The Morgan fingerprint density at radius 2 is 1.90 bits per heavy atom. The molecule has 1 aromatic carbocycles. The Labute approximate surface area is 177 Å². The fourth-order valence-electron chi connectivity index (χ4n) is 3.45. The second-order valence-electron chi connectivity index (χ2n) is 8.71. The molecule has 0 radical (unpaired) electrons. The van der Waals surface area contributed by atoms with E-state index in [1.165, 1.54) is 0 Å². The molecule has 6 heteroatoms. The molecule has 0 bridgehead atoms. The van der Waals surface area contributed by atoms with E-state index in [-0.39, 0.29) is 5.91 Å². The van der Waals surface area contributed by atoms with Crippen LogP contribution >= 0.6 is 0 Å². The van der Waals surface area contributed by atoms with Gasteiger partial charge in [-0.05, 0) is 6.07 Å². The van der Waals surface area contributed by atoms with E-state index in [4.69, 9.17) is 4.98 Å². The quantitative estimate of drug-likeness (QED) is 0.713. The molecule has 0 saturated carbocycles. The highest BCUT2D eigenvalue weighted by atomic mass is 16.2. The number of hydrogen-bond acceptors (Lipinski definition) is 5. The van der Waals surface area contributed by atoms with Crippen LogP contribution in [0.2, 0.25) is 0 Å². The average Bonchev–Trinajstić information content (AvgIpc) is 2.74. The molecular formula is C24H27N5O. The van der Waals surface area contributed by atoms with Crippen molar-refractivity contribution in [2.24, 2.45) is 5.41 Å². The van der Waals surface area contributed by atoms with Crippen molar-refractivity contribution in [1.82, 2.24) is 19.9 Å². The van der Waals surface area contributed by atoms with Crippen LogP contribution in [0.4, 0.5) is 5.82 Å². The standard InChI is InChI=1S/C24H27N5O/c1-24(2,3)23(30)28-22-18(10-7-12-25-22)15-29-13-11-20-19(16-29)14-26-21(27-20)17-8-5-4-6-9-17/h4-10,12,14H,11,13,15-16H2,1-3H3,(H,25,28,30). The van der Waals surface area contributed by atoms with Gasteiger partial charge in [-0.3, -0.25) is 9.69 Å². The van der Waals surface area contributed by atoms with Crippen LogP contribution in [0.1, 0.15) is 37.6 Å². The number of rotatable bonds is 4. The summed E-state index contributed by atoms with van der Waals surface area (Å²) in [7, 11) is 0. The third-order valence-electron chi connectivity index (χ3n) is 5.24. The van der Waals surface area contributed by atoms with Crippen molar-refractivity contribution in [1.29, 1.82) is 0 Å². The highest BCUT2D eigenvalue weighted by Crippen LogP contribution is 2.24. The van der Waals surface area contributed by atoms with Crippen LogP contribution in [0.25, 0.3) is 11.4 Å². The summed E-state index contributed by atoms with van der Waals surface area (Å²) in [6.45, 7) is 8.10. The molecule has 1 aliphatic heterocycles. The predicted octanol–water partition coefficient (Wildman–Crippen LogP) is 4.08. The van der Waals surface area contributed by atoms with E-state index < -0.39 is 5.41 Å². The Bertz CT molecular complexity index is 1040. The fourth-order valence-corrected chi connectivity index (χ4v) is 3.45. The lowest BCUT2D eigenvalue weighted by molar-refractivity contribution is -0.123. The van der Waals surface area contributed by atoms with Gasteiger partial charge >= 0.3 is 0 Å². The molecular weight excluding hydrogens is 374 g/mol. The number of anilines is 1. The van der Waals surface area contributed by atoms with E-state index in [0.29, 0.717) is 12.4 Å². The summed E-state index contributed by atoms with van der Waals surface area (Å²) < 4.78 is 0. The van der Waals surface area contributed by atoms with Gasteiger partial charge in [0.25, 0.3) is 0 Å². The van der Waals surface area contributed by atoms with Crippen LogP contribution in [0.15, 0.2) is 54.9 Å². The summed E-state index contributed by atoms with van der Waals surface area (Å²) in [5.74, 6) is 1.38. The minimum Gasteiger partial charge on any atom is -0.310 e. The van der Waals surface area contributed by atoms with E-state index in [9.17, 15) is 4.79 Å². The van der Waals surface area contributed by atoms with Crippen LogP contribution in [-0.4, -0.2) is 32.3 Å². The van der Waals surface area contributed by atoms with Gasteiger partial charge in [-0.25, -0.2) is 15.0 Å². The zero-order valence-corrected chi connectivity index (χ0v) is 17.7. The highest BCUT2D eigenvalue weighted by molar-refractivity contribution is 5.94. The largest absolute Gasteiger partial charge is 0.310 e. The van der Waals surface area contributed by atoms with Gasteiger partial charge in [0.1, 0.15) is 5.82 Å². The van der Waals surface area contributed by atoms with E-state index in [2.05, 4.69) is 20.2 Å². The molecule has 0 unspecified atom stereocenters. The molecule has 0 saturated heterocycles. The molecule has 154 valence electrons. The molecule has 1 aliphatic rings. The first-order valence-corrected chi connectivity index (χ1v) is 10.3. The van der Waals surface area contributed by atoms with Crippen molar-refractivity contribution >= 4 is 11.7 Å². The number of benzene rings is 1. The van der Waals surface area contributed by atoms with E-state index in [1.807, 2.05) is 69.4 Å². The van der Waals surface area contributed by atoms with Gasteiger partial charge in [-0.2, -0.15) is 0 Å². The number of fused-ring (bicyclic) bond motifs is 1. The molecule has 6 nitrogen and oxygen atoms in total. The number of hydrogen-bond donors (Lipinski definition) is 1. The minimum atomic E-state index is -0.466. The zero-order chi connectivity index (χ0) is 21.1. The van der Waals surface area contributed by atoms with Crippen LogP contribution in [0.3, 0.4) is 0 Å². The summed E-state index contributed by atoms with van der Waals surface area (Å²) in [5.41, 5.74) is 3.86. The van der Waals surface area contributed by atoms with Gasteiger partial charge in [0.05, 0.1) is 5.69 Å². The summed E-state index contributed by atoms with van der Waals surface area (Å²) in [6, 6.07) is 14.0. The van der Waals surface area contributed by atoms with Crippen molar-refractivity contribution in [2.45, 2.75) is 40.3 Å². The monoisotopic (exact) mass is 401 g/mol. The van der Waals surface area contributed by atoms with Gasteiger partial charge in [-0.15, -0.1) is 0 Å². The molecule has 2 aromatic heterocycles. The molecule has 0 fully saturated rings. The van der Waals surface area contributed by atoms with Gasteiger partial charge in [0.2, 0.25) is 5.91 Å². The van der Waals surface area contributed by atoms with Gasteiger partial charge < -0.3 is 5.32 Å². The maximum absolute atomic E-state index is 12.4. The molecule has 1 N–H and O–H groups in total. The number of carbonyl (C=O) groups excluding carboxylic acids is 1. The average molecular weight is 402 g/mol. The first-order valence-electron chi connectivity index (χ1n) is 10.3. The molecule has 0 atom stereocenters. The molecule has 1 amide bonds. The lowest BCUT2D eigenvalue weighted by Crippen LogP contribution is -2.32. The second kappa shape index (κ2) is 8.32. The summed E-state index contributed by atoms with van der Waals surface area (Å²) in [6.07, 6.45) is 4.54. The molecule has 30 heavy (non-hydrogen) atoms. The van der Waals surface area contributed by atoms with Gasteiger partial charge in [-0.1, -0.05) is 57.2 Å². The first-order chi connectivity index (χ1) is 14.4. The normalized spacial score (nSPS) is 14.2. The lowest BCUT2D eigenvalue weighted by atomic mass is 9.95. The Balaban J connectivity index is 1.48. The van der Waals surface area contributed by atoms with Crippen LogP contribution < -0.4 is 5.32 Å². The Hall–Kier alpha value is -3.12. The van der Waals surface area contributed by atoms with Crippen molar-refractivity contribution < 1.29 is 4.79 Å². The van der Waals surface area contributed by atoms with Crippen molar-refractivity contribution in [3.8, 4) is 11.4 Å². The maximum atomic E-state index is 12.4. The van der Waals surface area contributed by atoms with Gasteiger partial charge in [0, 0.05) is 60.6 Å². The molecule has 0 spiro atoms. The Morgan fingerprint density at radius 1 is 1.10 bits per heavy atom. The van der Waals surface area contributed by atoms with Gasteiger partial charge in [0.15, 0.2) is 5.82 Å². The number of aromatic nitrogens is 3. The number of carbonyl (C=O) groups is 1. The van der Waals surface area contributed by atoms with Crippen molar-refractivity contribution in [3.05, 3.63) is 71.7 Å². The first kappa shape index (κ1) is 20.2. The summed E-state index contributed by atoms with van der Waals surface area (Å²) >= 11 is 0. The fraction of sp³-hybridized carbons (Fsp3) is 0.333. The molecule has 3 heterocycles. The van der Waals surface area contributed by atoms with Crippen molar-refractivity contribution in [2.75, 3.05) is 11.9 Å². The lowest BCUT2D eigenvalue weighted by Gasteiger charge is -2.28. The van der Waals surface area contributed by atoms with Crippen molar-refractivity contribution in [3.63, 3.8) is 0 Å². The number of pyridine rings is 1. The number of nitrogens with one attached hydrogen (secondary N) is 1. The van der Waals surface area contributed by atoms with E-state index in [0.717, 1.165) is 47.7 Å². The summed E-state index contributed by atoms with van der Waals surface area (Å²) in [5, 5.41) is 2.98. The third-order valence-corrected chi connectivity index (χ3v) is 5.24. The predicted molar refractivity (Wildman–Crippen MR) is 118 cm³/mol. The highest BCUT2D eigenvalue weighted by Gasteiger charge is 2.24. The second-order valence-corrected chi connectivity index (χ2v) is 8.71. The Morgan fingerprint density at radius 3 is 2.67 bits per heavy atom. The summed E-state index contributed by atoms with van der Waals surface area (Å²) in [4.78, 5) is 28.5. The van der Waals surface area contributed by atoms with E-state index in [1.54, 1.807) is 6.20 Å². The number of amides is 1. The SMILES string of the molecule is CC(C)(C)C(=O)Nc1ncccc1CN1CCc2nc(-c3ccccc3)ncc2C1. The van der Waals surface area contributed by atoms with Crippen LogP contribution in [0, 0.1) is 5.41 Å².